The summed E-state index contributed by atoms with van der Waals surface area (Å²) in [6.45, 7) is 2.58. The number of hydrogen-bond donors (Lipinski definition) is 1. The van der Waals surface area contributed by atoms with E-state index in [0.29, 0.717) is 12.2 Å². The van der Waals surface area contributed by atoms with Gasteiger partial charge in [0.2, 0.25) is 0 Å². The van der Waals surface area contributed by atoms with Gasteiger partial charge in [-0.25, -0.2) is 9.18 Å². The maximum atomic E-state index is 13.5. The molecule has 0 saturated heterocycles. The zero-order valence-corrected chi connectivity index (χ0v) is 13.3. The van der Waals surface area contributed by atoms with Gasteiger partial charge in [-0.1, -0.05) is 28.1 Å². The zero-order chi connectivity index (χ0) is 15.4. The predicted molar refractivity (Wildman–Crippen MR) is 83.9 cm³/mol. The summed E-state index contributed by atoms with van der Waals surface area (Å²) in [6.07, 6.45) is 0. The second-order valence-corrected chi connectivity index (χ2v) is 5.49. The molecule has 3 nitrogen and oxygen atoms in total. The van der Waals surface area contributed by atoms with Gasteiger partial charge in [-0.2, -0.15) is 0 Å². The van der Waals surface area contributed by atoms with E-state index in [4.69, 9.17) is 0 Å². The Balaban J connectivity index is 2.15. The van der Waals surface area contributed by atoms with Gasteiger partial charge in [0.1, 0.15) is 5.82 Å². The molecular formula is C16H15BrFNO2. The van der Waals surface area contributed by atoms with Gasteiger partial charge in [0.15, 0.2) is 0 Å². The van der Waals surface area contributed by atoms with Crippen LogP contribution in [0.25, 0.3) is 0 Å². The van der Waals surface area contributed by atoms with Crippen LogP contribution in [0.3, 0.4) is 0 Å². The van der Waals surface area contributed by atoms with Gasteiger partial charge in [0.25, 0.3) is 0 Å². The highest BCUT2D eigenvalue weighted by Gasteiger charge is 2.12. The van der Waals surface area contributed by atoms with Crippen LogP contribution >= 0.6 is 15.9 Å². The van der Waals surface area contributed by atoms with E-state index in [-0.39, 0.29) is 5.56 Å². The maximum Gasteiger partial charge on any atom is 0.340 e. The zero-order valence-electron chi connectivity index (χ0n) is 11.7. The summed E-state index contributed by atoms with van der Waals surface area (Å²) in [5.74, 6) is -1.28. The van der Waals surface area contributed by atoms with Crippen LogP contribution in [0.15, 0.2) is 40.9 Å². The molecule has 0 aliphatic carbocycles. The van der Waals surface area contributed by atoms with Gasteiger partial charge in [0.05, 0.1) is 12.7 Å². The molecule has 0 fully saturated rings. The number of carbonyl (C=O) groups is 1. The lowest BCUT2D eigenvalue weighted by molar-refractivity contribution is 0.0595. The second kappa shape index (κ2) is 6.72. The number of nitrogens with one attached hydrogen (secondary N) is 1. The SMILES string of the molecule is COC(=O)c1cc(NCc2ccc(C)cc2Br)ccc1F. The van der Waals surface area contributed by atoms with E-state index in [1.54, 1.807) is 6.07 Å². The molecule has 0 aromatic heterocycles. The molecule has 0 radical (unpaired) electrons. The Morgan fingerprint density at radius 1 is 1.29 bits per heavy atom. The van der Waals surface area contributed by atoms with Crippen molar-refractivity contribution in [1.29, 1.82) is 0 Å². The minimum atomic E-state index is -0.687. The molecule has 2 aromatic carbocycles. The lowest BCUT2D eigenvalue weighted by atomic mass is 10.1. The number of ether oxygens (including phenoxy) is 1. The minimum absolute atomic E-state index is 0.0783. The molecule has 0 spiro atoms. The lowest BCUT2D eigenvalue weighted by Crippen LogP contribution is -2.06. The van der Waals surface area contributed by atoms with Gasteiger partial charge in [-0.3, -0.25) is 0 Å². The van der Waals surface area contributed by atoms with Crippen LogP contribution in [0.4, 0.5) is 10.1 Å². The molecular weight excluding hydrogens is 337 g/mol. The molecule has 21 heavy (non-hydrogen) atoms. The van der Waals surface area contributed by atoms with Crippen LogP contribution in [0, 0.1) is 12.7 Å². The highest BCUT2D eigenvalue weighted by molar-refractivity contribution is 9.10. The number of esters is 1. The molecule has 2 aromatic rings. The Kier molecular flexibility index (Phi) is 4.96. The second-order valence-electron chi connectivity index (χ2n) is 4.63. The van der Waals surface area contributed by atoms with Crippen molar-refractivity contribution in [2.24, 2.45) is 0 Å². The van der Waals surface area contributed by atoms with Crippen LogP contribution in [-0.4, -0.2) is 13.1 Å². The molecule has 0 saturated carbocycles. The number of carbonyl (C=O) groups excluding carboxylic acids is 1. The van der Waals surface area contributed by atoms with Crippen molar-refractivity contribution >= 4 is 27.6 Å². The van der Waals surface area contributed by atoms with Gasteiger partial charge in [-0.15, -0.1) is 0 Å². The van der Waals surface area contributed by atoms with Gasteiger partial charge in [-0.05, 0) is 42.3 Å². The van der Waals surface area contributed by atoms with E-state index in [9.17, 15) is 9.18 Å². The van der Waals surface area contributed by atoms with Crippen molar-refractivity contribution in [2.75, 3.05) is 12.4 Å². The van der Waals surface area contributed by atoms with E-state index in [0.717, 1.165) is 10.0 Å². The first-order valence-electron chi connectivity index (χ1n) is 6.38. The van der Waals surface area contributed by atoms with Crippen LogP contribution in [0.1, 0.15) is 21.5 Å². The molecule has 0 unspecified atom stereocenters. The van der Waals surface area contributed by atoms with Crippen LogP contribution in [-0.2, 0) is 11.3 Å². The fraction of sp³-hybridized carbons (Fsp3) is 0.188. The summed E-state index contributed by atoms with van der Waals surface area (Å²) < 4.78 is 19.1. The maximum absolute atomic E-state index is 13.5. The van der Waals surface area contributed by atoms with E-state index in [1.807, 2.05) is 25.1 Å². The van der Waals surface area contributed by atoms with E-state index in [1.165, 1.54) is 24.8 Å². The van der Waals surface area contributed by atoms with Crippen LogP contribution in [0.2, 0.25) is 0 Å². The average molecular weight is 352 g/mol. The molecule has 0 heterocycles. The number of hydrogen-bond acceptors (Lipinski definition) is 3. The summed E-state index contributed by atoms with van der Waals surface area (Å²) in [4.78, 5) is 11.5. The quantitative estimate of drug-likeness (QED) is 0.834. The molecule has 0 atom stereocenters. The number of rotatable bonds is 4. The molecule has 0 aliphatic heterocycles. The Bertz CT molecular complexity index is 673. The molecule has 110 valence electrons. The van der Waals surface area contributed by atoms with E-state index in [2.05, 4.69) is 26.0 Å². The first-order valence-corrected chi connectivity index (χ1v) is 7.17. The summed E-state index contributed by atoms with van der Waals surface area (Å²) in [5.41, 5.74) is 2.82. The van der Waals surface area contributed by atoms with Crippen molar-refractivity contribution in [3.63, 3.8) is 0 Å². The first kappa shape index (κ1) is 15.5. The molecule has 5 heteroatoms. The van der Waals surface area contributed by atoms with Crippen molar-refractivity contribution in [1.82, 2.24) is 0 Å². The Hall–Kier alpha value is -1.88. The third-order valence-corrected chi connectivity index (χ3v) is 3.80. The van der Waals surface area contributed by atoms with Crippen LogP contribution in [0.5, 0.6) is 0 Å². The number of anilines is 1. The monoisotopic (exact) mass is 351 g/mol. The Labute approximate surface area is 131 Å². The van der Waals surface area contributed by atoms with Crippen LogP contribution < -0.4 is 5.32 Å². The summed E-state index contributed by atoms with van der Waals surface area (Å²) >= 11 is 3.51. The topological polar surface area (TPSA) is 38.3 Å². The molecule has 0 amide bonds. The van der Waals surface area contributed by atoms with E-state index < -0.39 is 11.8 Å². The highest BCUT2D eigenvalue weighted by Crippen LogP contribution is 2.21. The fourth-order valence-electron chi connectivity index (χ4n) is 1.89. The van der Waals surface area contributed by atoms with Gasteiger partial charge < -0.3 is 10.1 Å². The number of methoxy groups -OCH3 is 1. The largest absolute Gasteiger partial charge is 0.465 e. The normalized spacial score (nSPS) is 10.3. The minimum Gasteiger partial charge on any atom is -0.465 e. The highest BCUT2D eigenvalue weighted by atomic mass is 79.9. The smallest absolute Gasteiger partial charge is 0.340 e. The number of aryl methyl sites for hydroxylation is 1. The Morgan fingerprint density at radius 3 is 2.71 bits per heavy atom. The third-order valence-electron chi connectivity index (χ3n) is 3.06. The van der Waals surface area contributed by atoms with Crippen molar-refractivity contribution in [3.05, 3.63) is 63.4 Å². The number of benzene rings is 2. The van der Waals surface area contributed by atoms with E-state index >= 15 is 0 Å². The molecule has 2 rings (SSSR count). The van der Waals surface area contributed by atoms with Gasteiger partial charge >= 0.3 is 5.97 Å². The fourth-order valence-corrected chi connectivity index (χ4v) is 2.53. The Morgan fingerprint density at radius 2 is 2.05 bits per heavy atom. The average Bonchev–Trinajstić information content (AvgIpc) is 2.47. The number of halogens is 2. The molecule has 1 N–H and O–H groups in total. The lowest BCUT2D eigenvalue weighted by Gasteiger charge is -2.10. The van der Waals surface area contributed by atoms with Gasteiger partial charge in [0, 0.05) is 16.7 Å². The van der Waals surface area contributed by atoms with Crippen molar-refractivity contribution in [2.45, 2.75) is 13.5 Å². The molecule has 0 bridgehead atoms. The van der Waals surface area contributed by atoms with Crippen molar-refractivity contribution < 1.29 is 13.9 Å². The summed E-state index contributed by atoms with van der Waals surface area (Å²) in [5, 5.41) is 3.16. The first-order chi connectivity index (χ1) is 10.0. The summed E-state index contributed by atoms with van der Waals surface area (Å²) in [7, 11) is 1.23. The predicted octanol–water partition coefficient (Wildman–Crippen LogP) is 4.30. The molecule has 0 aliphatic rings. The van der Waals surface area contributed by atoms with Crippen molar-refractivity contribution in [3.8, 4) is 0 Å². The summed E-state index contributed by atoms with van der Waals surface area (Å²) in [6, 6.07) is 10.3. The third kappa shape index (κ3) is 3.82. The standard InChI is InChI=1S/C16H15BrFNO2/c1-10-3-4-11(14(17)7-10)9-19-12-5-6-15(18)13(8-12)16(20)21-2/h3-8,19H,9H2,1-2H3.